The van der Waals surface area contributed by atoms with E-state index in [1.165, 1.54) is 23.5 Å². The third-order valence-electron chi connectivity index (χ3n) is 4.39. The standard InChI is InChI=1S/C17H26N3O5P.C4H11N.CH3NO/c1-11(2)16(17(25)18-10-15(24)26)19-12(21)6-4-3-5-9-20-13(22)7-8-14(20)23;1-3-4-5-2;2-1-3/h7-8,11,16H,3-6,9-10,26H2,1-2H3,(H,18,25)(H,19,21);5H,3-4H2,1-2H3;1H,(H2,2,3). The van der Waals surface area contributed by atoms with Gasteiger partial charge in [-0.25, -0.2) is 0 Å². The molecule has 2 atom stereocenters. The summed E-state index contributed by atoms with van der Waals surface area (Å²) in [6, 6.07) is -0.697. The summed E-state index contributed by atoms with van der Waals surface area (Å²) in [5.74, 6) is -1.35. The van der Waals surface area contributed by atoms with Gasteiger partial charge in [-0.15, -0.1) is 0 Å². The highest BCUT2D eigenvalue weighted by Gasteiger charge is 2.24. The normalized spacial score (nSPS) is 12.8. The van der Waals surface area contributed by atoms with Gasteiger partial charge in [0.1, 0.15) is 6.04 Å². The van der Waals surface area contributed by atoms with E-state index in [0.717, 1.165) is 6.54 Å². The van der Waals surface area contributed by atoms with E-state index in [-0.39, 0.29) is 54.4 Å². The monoisotopic (exact) mass is 501 g/mol. The minimum atomic E-state index is -0.697. The maximum Gasteiger partial charge on any atom is 0.253 e. The molecule has 12 heteroatoms. The molecule has 0 bridgehead atoms. The van der Waals surface area contributed by atoms with Crippen LogP contribution in [0.25, 0.3) is 0 Å². The molecule has 0 fully saturated rings. The predicted octanol–water partition coefficient (Wildman–Crippen LogP) is -0.152. The Kier molecular flexibility index (Phi) is 20.6. The molecule has 1 rings (SSSR count). The van der Waals surface area contributed by atoms with Gasteiger partial charge in [0.05, 0.1) is 6.54 Å². The molecule has 0 saturated heterocycles. The Labute approximate surface area is 204 Å². The second kappa shape index (κ2) is 20.9. The zero-order valence-electron chi connectivity index (χ0n) is 20.6. The lowest BCUT2D eigenvalue weighted by Gasteiger charge is -2.21. The molecule has 0 spiro atoms. The van der Waals surface area contributed by atoms with Crippen LogP contribution in [0.1, 0.15) is 52.9 Å². The Bertz CT molecular complexity index is 679. The highest BCUT2D eigenvalue weighted by Crippen LogP contribution is 2.08. The maximum absolute atomic E-state index is 12.0. The molecular weight excluding hydrogens is 461 g/mol. The molecule has 0 saturated carbocycles. The fourth-order valence-electron chi connectivity index (χ4n) is 2.70. The van der Waals surface area contributed by atoms with Gasteiger partial charge in [0.2, 0.25) is 18.2 Å². The number of hydrogen-bond donors (Lipinski definition) is 4. The lowest BCUT2D eigenvalue weighted by atomic mass is 10.0. The number of carbonyl (C=O) groups excluding carboxylic acids is 6. The van der Waals surface area contributed by atoms with Crippen LogP contribution in [0.3, 0.4) is 0 Å². The van der Waals surface area contributed by atoms with Crippen molar-refractivity contribution in [2.24, 2.45) is 11.7 Å². The fourth-order valence-corrected chi connectivity index (χ4v) is 2.80. The first-order valence-corrected chi connectivity index (χ1v) is 11.8. The summed E-state index contributed by atoms with van der Waals surface area (Å²) in [6.07, 6.45) is 6.12. The summed E-state index contributed by atoms with van der Waals surface area (Å²) in [7, 11) is 3.94. The largest absolute Gasteiger partial charge is 0.372 e. The SMILES string of the molecule is CC(C)C(NC(=O)CCCCCN1C(=O)C=CC1=O)C(=O)NCC(=O)P.CCCNC.NC=O. The molecule has 1 aliphatic rings. The third-order valence-corrected chi connectivity index (χ3v) is 4.59. The fraction of sp³-hybridized carbons (Fsp3) is 0.636. The number of imide groups is 1. The molecule has 0 aromatic rings. The smallest absolute Gasteiger partial charge is 0.253 e. The van der Waals surface area contributed by atoms with Crippen molar-refractivity contribution in [1.29, 1.82) is 0 Å². The minimum Gasteiger partial charge on any atom is -0.372 e. The highest BCUT2D eigenvalue weighted by molar-refractivity contribution is 7.40. The molecule has 1 heterocycles. The number of carbonyl (C=O) groups is 6. The van der Waals surface area contributed by atoms with Gasteiger partial charge in [0, 0.05) is 25.1 Å². The van der Waals surface area contributed by atoms with Gasteiger partial charge in [-0.2, -0.15) is 0 Å². The summed E-state index contributed by atoms with van der Waals surface area (Å²) in [6.45, 7) is 7.16. The molecular formula is C22H40N5O6P. The van der Waals surface area contributed by atoms with Crippen LogP contribution in [-0.4, -0.2) is 73.2 Å². The number of nitrogens with two attached hydrogens (primary N) is 1. The van der Waals surface area contributed by atoms with Crippen molar-refractivity contribution < 1.29 is 28.8 Å². The summed E-state index contributed by atoms with van der Waals surface area (Å²) in [5, 5.41) is 8.19. The van der Waals surface area contributed by atoms with Crippen LogP contribution in [0.15, 0.2) is 12.2 Å². The Morgan fingerprint density at radius 2 is 1.68 bits per heavy atom. The third kappa shape index (κ3) is 16.9. The van der Waals surface area contributed by atoms with Gasteiger partial charge in [0.15, 0.2) is 5.52 Å². The molecule has 1 aliphatic heterocycles. The average molecular weight is 502 g/mol. The quantitative estimate of drug-likeness (QED) is 0.118. The first-order chi connectivity index (χ1) is 16.0. The molecule has 11 nitrogen and oxygen atoms in total. The summed E-state index contributed by atoms with van der Waals surface area (Å²) in [5.41, 5.74) is 3.93. The second-order valence-corrected chi connectivity index (χ2v) is 8.33. The van der Waals surface area contributed by atoms with Crippen molar-refractivity contribution in [2.45, 2.75) is 58.9 Å². The number of nitrogens with one attached hydrogen (secondary N) is 3. The van der Waals surface area contributed by atoms with E-state index < -0.39 is 6.04 Å². The Morgan fingerprint density at radius 3 is 2.09 bits per heavy atom. The van der Waals surface area contributed by atoms with Crippen molar-refractivity contribution in [1.82, 2.24) is 20.9 Å². The summed E-state index contributed by atoms with van der Waals surface area (Å²) >= 11 is 0. The van der Waals surface area contributed by atoms with Crippen LogP contribution in [0.5, 0.6) is 0 Å². The lowest BCUT2D eigenvalue weighted by Crippen LogP contribution is -2.50. The molecule has 34 heavy (non-hydrogen) atoms. The van der Waals surface area contributed by atoms with Crippen molar-refractivity contribution in [3.63, 3.8) is 0 Å². The Balaban J connectivity index is 0. The number of amides is 5. The Morgan fingerprint density at radius 1 is 1.12 bits per heavy atom. The molecule has 194 valence electrons. The first kappa shape index (κ1) is 33.5. The van der Waals surface area contributed by atoms with Crippen LogP contribution in [0, 0.1) is 5.92 Å². The van der Waals surface area contributed by atoms with E-state index in [4.69, 9.17) is 4.79 Å². The molecule has 0 aliphatic carbocycles. The van der Waals surface area contributed by atoms with Gasteiger partial charge in [0.25, 0.3) is 11.8 Å². The number of nitrogens with zero attached hydrogens (tertiary/aromatic N) is 1. The van der Waals surface area contributed by atoms with Gasteiger partial charge in [-0.3, -0.25) is 33.7 Å². The lowest BCUT2D eigenvalue weighted by molar-refractivity contribution is -0.137. The second-order valence-electron chi connectivity index (χ2n) is 7.69. The summed E-state index contributed by atoms with van der Waals surface area (Å²) in [4.78, 5) is 67.5. The van der Waals surface area contributed by atoms with E-state index in [1.54, 1.807) is 0 Å². The van der Waals surface area contributed by atoms with Crippen LogP contribution in [0.2, 0.25) is 0 Å². The average Bonchev–Trinajstić information content (AvgIpc) is 3.09. The van der Waals surface area contributed by atoms with Crippen molar-refractivity contribution in [3.05, 3.63) is 12.2 Å². The maximum atomic E-state index is 12.0. The van der Waals surface area contributed by atoms with Crippen molar-refractivity contribution in [2.75, 3.05) is 26.7 Å². The number of primary amides is 1. The number of rotatable bonds is 13. The van der Waals surface area contributed by atoms with E-state index in [1.807, 2.05) is 30.1 Å². The molecule has 5 amide bonds. The van der Waals surface area contributed by atoms with Crippen LogP contribution >= 0.6 is 9.24 Å². The van der Waals surface area contributed by atoms with Gasteiger partial charge in [-0.05, 0) is 38.8 Å². The molecule has 2 unspecified atom stereocenters. The first-order valence-electron chi connectivity index (χ1n) is 11.2. The zero-order chi connectivity index (χ0) is 26.5. The van der Waals surface area contributed by atoms with Crippen molar-refractivity contribution in [3.8, 4) is 0 Å². The van der Waals surface area contributed by atoms with Crippen LogP contribution in [0.4, 0.5) is 0 Å². The van der Waals surface area contributed by atoms with Gasteiger partial charge < -0.3 is 21.7 Å². The number of unbranched alkanes of at least 4 members (excludes halogenated alkanes) is 2. The Hall–Kier alpha value is -2.65. The topological polar surface area (TPSA) is 168 Å². The zero-order valence-corrected chi connectivity index (χ0v) is 21.7. The molecule has 0 aromatic heterocycles. The molecule has 0 radical (unpaired) electrons. The van der Waals surface area contributed by atoms with E-state index >= 15 is 0 Å². The number of hydrogen-bond acceptors (Lipinski definition) is 7. The van der Waals surface area contributed by atoms with Crippen LogP contribution in [-0.2, 0) is 28.8 Å². The van der Waals surface area contributed by atoms with E-state index in [2.05, 4.69) is 28.6 Å². The summed E-state index contributed by atoms with van der Waals surface area (Å²) < 4.78 is 0. The van der Waals surface area contributed by atoms with Gasteiger partial charge in [-0.1, -0.05) is 36.4 Å². The van der Waals surface area contributed by atoms with Crippen LogP contribution < -0.4 is 21.7 Å². The molecule has 0 aromatic carbocycles. The molecule has 5 N–H and O–H groups in total. The van der Waals surface area contributed by atoms with E-state index in [9.17, 15) is 24.0 Å². The minimum absolute atomic E-state index is 0.0919. The highest BCUT2D eigenvalue weighted by atomic mass is 31.0. The van der Waals surface area contributed by atoms with Crippen molar-refractivity contribution >= 4 is 44.8 Å². The predicted molar refractivity (Wildman–Crippen MR) is 133 cm³/mol. The van der Waals surface area contributed by atoms with E-state index in [0.29, 0.717) is 25.8 Å². The van der Waals surface area contributed by atoms with Gasteiger partial charge >= 0.3 is 0 Å².